The van der Waals surface area contributed by atoms with Gasteiger partial charge in [0.05, 0.1) is 13.0 Å². The minimum atomic E-state index is -0.216. The Morgan fingerprint density at radius 2 is 2.00 bits per heavy atom. The summed E-state index contributed by atoms with van der Waals surface area (Å²) in [6, 6.07) is 0. The van der Waals surface area contributed by atoms with Crippen LogP contribution in [0.2, 0.25) is 0 Å². The lowest BCUT2D eigenvalue weighted by Crippen LogP contribution is -2.21. The van der Waals surface area contributed by atoms with E-state index in [0.29, 0.717) is 19.4 Å². The molecule has 3 heteroatoms. The molecular weight excluding hydrogens is 204 g/mol. The molecule has 0 saturated carbocycles. The van der Waals surface area contributed by atoms with Gasteiger partial charge in [-0.15, -0.1) is 0 Å². The van der Waals surface area contributed by atoms with Gasteiger partial charge in [-0.05, 0) is 12.3 Å². The lowest BCUT2D eigenvalue weighted by molar-refractivity contribution is -0.148. The number of cyclic esters (lactones) is 1. The van der Waals surface area contributed by atoms with Crippen molar-refractivity contribution in [3.63, 3.8) is 0 Å². The highest BCUT2D eigenvalue weighted by Gasteiger charge is 2.20. The van der Waals surface area contributed by atoms with Crippen molar-refractivity contribution < 1.29 is 14.3 Å². The molecule has 1 fully saturated rings. The first kappa shape index (κ1) is 13.2. The zero-order chi connectivity index (χ0) is 11.8. The number of esters is 1. The number of ether oxygens (including phenoxy) is 1. The first-order valence-corrected chi connectivity index (χ1v) is 6.39. The molecule has 1 atom stereocenters. The molecule has 1 rings (SSSR count). The van der Waals surface area contributed by atoms with Crippen molar-refractivity contribution in [2.45, 2.75) is 58.3 Å². The standard InChI is InChI=1S/C13H22O3/c1-2-3-4-5-6-11-9-12(14)7-8-13(15)16-10-11/h11H,2-10H2,1H3/t11-/m1/s1. The Labute approximate surface area is 97.5 Å². The number of Topliss-reactive ketones (excluding diaryl/α,β-unsaturated/α-hetero) is 1. The summed E-state index contributed by atoms with van der Waals surface area (Å²) < 4.78 is 5.11. The molecule has 3 nitrogen and oxygen atoms in total. The molecule has 92 valence electrons. The monoisotopic (exact) mass is 226 g/mol. The van der Waals surface area contributed by atoms with E-state index in [1.165, 1.54) is 19.3 Å². The van der Waals surface area contributed by atoms with Crippen LogP contribution in [-0.2, 0) is 14.3 Å². The Morgan fingerprint density at radius 1 is 1.19 bits per heavy atom. The Bertz CT molecular complexity index is 235. The third-order valence-electron chi connectivity index (χ3n) is 3.07. The molecule has 1 heterocycles. The number of hydrogen-bond acceptors (Lipinski definition) is 3. The summed E-state index contributed by atoms with van der Waals surface area (Å²) in [7, 11) is 0. The highest BCUT2D eigenvalue weighted by molar-refractivity contribution is 5.83. The van der Waals surface area contributed by atoms with Gasteiger partial charge in [-0.3, -0.25) is 9.59 Å². The normalized spacial score (nSPS) is 22.4. The lowest BCUT2D eigenvalue weighted by atomic mass is 9.94. The molecule has 0 bridgehead atoms. The Balaban J connectivity index is 2.27. The zero-order valence-electron chi connectivity index (χ0n) is 10.2. The van der Waals surface area contributed by atoms with Crippen molar-refractivity contribution in [1.29, 1.82) is 0 Å². The van der Waals surface area contributed by atoms with Crippen LogP contribution >= 0.6 is 0 Å². The Morgan fingerprint density at radius 3 is 2.75 bits per heavy atom. The maximum Gasteiger partial charge on any atom is 0.306 e. The van der Waals surface area contributed by atoms with Crippen LogP contribution in [0.3, 0.4) is 0 Å². The highest BCUT2D eigenvalue weighted by Crippen LogP contribution is 2.19. The minimum Gasteiger partial charge on any atom is -0.465 e. The van der Waals surface area contributed by atoms with Crippen molar-refractivity contribution >= 4 is 11.8 Å². The van der Waals surface area contributed by atoms with Gasteiger partial charge in [0.1, 0.15) is 5.78 Å². The molecule has 0 aliphatic carbocycles. The largest absolute Gasteiger partial charge is 0.465 e. The fraction of sp³-hybridized carbons (Fsp3) is 0.846. The first-order chi connectivity index (χ1) is 7.72. The van der Waals surface area contributed by atoms with Crippen LogP contribution < -0.4 is 0 Å². The van der Waals surface area contributed by atoms with Crippen molar-refractivity contribution in [3.05, 3.63) is 0 Å². The van der Waals surface area contributed by atoms with Gasteiger partial charge in [-0.25, -0.2) is 0 Å². The molecule has 0 amide bonds. The molecule has 16 heavy (non-hydrogen) atoms. The molecule has 0 N–H and O–H groups in total. The summed E-state index contributed by atoms with van der Waals surface area (Å²) in [5.74, 6) is 0.261. The molecule has 1 aliphatic heterocycles. The quantitative estimate of drug-likeness (QED) is 0.535. The lowest BCUT2D eigenvalue weighted by Gasteiger charge is -2.18. The molecule has 0 radical (unpaired) electrons. The van der Waals surface area contributed by atoms with Crippen LogP contribution in [0.1, 0.15) is 58.3 Å². The average Bonchev–Trinajstić information content (AvgIpc) is 2.26. The molecule has 0 unspecified atom stereocenters. The smallest absolute Gasteiger partial charge is 0.306 e. The van der Waals surface area contributed by atoms with E-state index in [-0.39, 0.29) is 24.1 Å². The van der Waals surface area contributed by atoms with Gasteiger partial charge in [0, 0.05) is 12.8 Å². The van der Waals surface area contributed by atoms with Gasteiger partial charge < -0.3 is 4.74 Å². The second-order valence-corrected chi connectivity index (χ2v) is 4.64. The number of hydrogen-bond donors (Lipinski definition) is 0. The third-order valence-corrected chi connectivity index (χ3v) is 3.07. The highest BCUT2D eigenvalue weighted by atomic mass is 16.5. The van der Waals surface area contributed by atoms with E-state index < -0.39 is 0 Å². The van der Waals surface area contributed by atoms with E-state index >= 15 is 0 Å². The predicted molar refractivity (Wildman–Crippen MR) is 62.1 cm³/mol. The van der Waals surface area contributed by atoms with Gasteiger partial charge >= 0.3 is 5.97 Å². The average molecular weight is 226 g/mol. The first-order valence-electron chi connectivity index (χ1n) is 6.39. The Kier molecular flexibility index (Phi) is 6.12. The maximum atomic E-state index is 11.5. The fourth-order valence-electron chi connectivity index (χ4n) is 2.05. The molecular formula is C13H22O3. The number of carbonyl (C=O) groups excluding carboxylic acids is 2. The number of carbonyl (C=O) groups is 2. The Hall–Kier alpha value is -0.860. The topological polar surface area (TPSA) is 43.4 Å². The molecule has 1 aliphatic rings. The van der Waals surface area contributed by atoms with E-state index in [9.17, 15) is 9.59 Å². The second kappa shape index (κ2) is 7.42. The van der Waals surface area contributed by atoms with Crippen LogP contribution in [0.15, 0.2) is 0 Å². The number of unbranched alkanes of at least 4 members (excludes halogenated alkanes) is 3. The van der Waals surface area contributed by atoms with E-state index in [0.717, 1.165) is 12.8 Å². The van der Waals surface area contributed by atoms with Crippen molar-refractivity contribution in [2.75, 3.05) is 6.61 Å². The predicted octanol–water partition coefficient (Wildman–Crippen LogP) is 2.87. The van der Waals surface area contributed by atoms with Gasteiger partial charge in [0.15, 0.2) is 0 Å². The van der Waals surface area contributed by atoms with E-state index in [1.54, 1.807) is 0 Å². The van der Waals surface area contributed by atoms with E-state index in [4.69, 9.17) is 4.74 Å². The minimum absolute atomic E-state index is 0.216. The van der Waals surface area contributed by atoms with Gasteiger partial charge in [-0.1, -0.05) is 32.6 Å². The molecule has 0 spiro atoms. The molecule has 0 aromatic heterocycles. The number of ketones is 1. The van der Waals surface area contributed by atoms with Crippen LogP contribution in [0.25, 0.3) is 0 Å². The van der Waals surface area contributed by atoms with Gasteiger partial charge in [-0.2, -0.15) is 0 Å². The van der Waals surface area contributed by atoms with E-state index in [1.807, 2.05) is 0 Å². The van der Waals surface area contributed by atoms with Crippen LogP contribution in [0, 0.1) is 5.92 Å². The zero-order valence-corrected chi connectivity index (χ0v) is 10.2. The van der Waals surface area contributed by atoms with Crippen molar-refractivity contribution in [3.8, 4) is 0 Å². The third kappa shape index (κ3) is 5.29. The molecule has 0 aromatic carbocycles. The van der Waals surface area contributed by atoms with Crippen molar-refractivity contribution in [2.24, 2.45) is 5.92 Å². The summed E-state index contributed by atoms with van der Waals surface area (Å²) in [5.41, 5.74) is 0. The summed E-state index contributed by atoms with van der Waals surface area (Å²) in [4.78, 5) is 22.6. The summed E-state index contributed by atoms with van der Waals surface area (Å²) in [5, 5.41) is 0. The summed E-state index contributed by atoms with van der Waals surface area (Å²) in [6.07, 6.45) is 7.07. The fourth-order valence-corrected chi connectivity index (χ4v) is 2.05. The van der Waals surface area contributed by atoms with Crippen LogP contribution in [-0.4, -0.2) is 18.4 Å². The molecule has 0 aromatic rings. The summed E-state index contributed by atoms with van der Waals surface area (Å²) >= 11 is 0. The van der Waals surface area contributed by atoms with E-state index in [2.05, 4.69) is 6.92 Å². The SMILES string of the molecule is CCCCCC[C@H]1COC(=O)CCC(=O)C1. The van der Waals surface area contributed by atoms with Crippen LogP contribution in [0.5, 0.6) is 0 Å². The second-order valence-electron chi connectivity index (χ2n) is 4.64. The van der Waals surface area contributed by atoms with Crippen LogP contribution in [0.4, 0.5) is 0 Å². The molecule has 1 saturated heterocycles. The van der Waals surface area contributed by atoms with Gasteiger partial charge in [0.25, 0.3) is 0 Å². The summed E-state index contributed by atoms with van der Waals surface area (Å²) in [6.45, 7) is 2.62. The van der Waals surface area contributed by atoms with Crippen molar-refractivity contribution in [1.82, 2.24) is 0 Å². The van der Waals surface area contributed by atoms with Gasteiger partial charge in [0.2, 0.25) is 0 Å². The number of rotatable bonds is 5. The maximum absolute atomic E-state index is 11.5.